The maximum atomic E-state index is 5.05. The molecule has 4 aromatic heterocycles. The highest BCUT2D eigenvalue weighted by molar-refractivity contribution is 5.85. The number of aromatic amines is 2. The van der Waals surface area contributed by atoms with Gasteiger partial charge in [-0.15, -0.1) is 0 Å². The molecule has 1 unspecified atom stereocenters. The molecule has 36 heavy (non-hydrogen) atoms. The molecule has 7 heteroatoms. The Hall–Kier alpha value is -3.71. The smallest absolute Gasteiger partial charge is 0.137 e. The lowest BCUT2D eigenvalue weighted by atomic mass is 9.78. The molecule has 2 aliphatic heterocycles. The van der Waals surface area contributed by atoms with Crippen molar-refractivity contribution in [3.63, 3.8) is 0 Å². The van der Waals surface area contributed by atoms with E-state index >= 15 is 0 Å². The summed E-state index contributed by atoms with van der Waals surface area (Å²) < 4.78 is 2.24. The predicted molar refractivity (Wildman–Crippen MR) is 141 cm³/mol. The average Bonchev–Trinajstić information content (AvgIpc) is 3.71. The van der Waals surface area contributed by atoms with E-state index in [1.807, 2.05) is 18.6 Å². The van der Waals surface area contributed by atoms with Crippen LogP contribution < -0.4 is 0 Å². The fourth-order valence-corrected chi connectivity index (χ4v) is 6.38. The fourth-order valence-electron chi connectivity index (χ4n) is 6.38. The third-order valence-electron chi connectivity index (χ3n) is 8.48. The van der Waals surface area contributed by atoms with Crippen LogP contribution in [-0.4, -0.2) is 47.7 Å². The largest absolute Gasteiger partial charge is 0.348 e. The van der Waals surface area contributed by atoms with Crippen molar-refractivity contribution in [1.29, 1.82) is 0 Å². The third-order valence-corrected chi connectivity index (χ3v) is 8.48. The van der Waals surface area contributed by atoms with E-state index in [0.717, 1.165) is 60.7 Å². The summed E-state index contributed by atoms with van der Waals surface area (Å²) in [6.45, 7) is 8.57. The number of aromatic nitrogens is 6. The summed E-state index contributed by atoms with van der Waals surface area (Å²) in [4.78, 5) is 18.4. The van der Waals surface area contributed by atoms with Gasteiger partial charge in [-0.25, -0.2) is 9.97 Å². The molecule has 0 saturated carbocycles. The average molecular weight is 478 g/mol. The lowest BCUT2D eigenvalue weighted by Gasteiger charge is -2.25. The number of likely N-dealkylation sites (tertiary alicyclic amines) is 1. The number of fused-ring (bicyclic) bond motifs is 3. The zero-order valence-electron chi connectivity index (χ0n) is 20.8. The van der Waals surface area contributed by atoms with Crippen molar-refractivity contribution in [1.82, 2.24) is 34.6 Å². The van der Waals surface area contributed by atoms with E-state index in [1.54, 1.807) is 0 Å². The number of nitrogens with zero attached hydrogens (tertiary/aromatic N) is 5. The summed E-state index contributed by atoms with van der Waals surface area (Å²) in [6.07, 6.45) is 10.1. The molecule has 182 valence electrons. The molecule has 2 N–H and O–H groups in total. The minimum absolute atomic E-state index is 0.138. The minimum Gasteiger partial charge on any atom is -0.348 e. The van der Waals surface area contributed by atoms with E-state index < -0.39 is 0 Å². The van der Waals surface area contributed by atoms with Crippen LogP contribution in [0.2, 0.25) is 0 Å². The lowest BCUT2D eigenvalue weighted by Crippen LogP contribution is -2.29. The molecule has 1 aromatic carbocycles. The van der Waals surface area contributed by atoms with Gasteiger partial charge in [0, 0.05) is 65.4 Å². The van der Waals surface area contributed by atoms with E-state index in [4.69, 9.17) is 10.1 Å². The lowest BCUT2D eigenvalue weighted by molar-refractivity contribution is 0.295. The van der Waals surface area contributed by atoms with Crippen LogP contribution in [0.4, 0.5) is 0 Å². The fraction of sp³-hybridized carbons (Fsp3) is 0.345. The number of nitrogens with one attached hydrogen (secondary N) is 2. The summed E-state index contributed by atoms with van der Waals surface area (Å²) in [6, 6.07) is 15.3. The number of aryl methyl sites for hydroxylation is 1. The molecule has 6 heterocycles. The zero-order chi connectivity index (χ0) is 24.3. The van der Waals surface area contributed by atoms with E-state index in [0.29, 0.717) is 0 Å². The normalized spacial score (nSPS) is 20.1. The quantitative estimate of drug-likeness (QED) is 0.372. The van der Waals surface area contributed by atoms with Crippen molar-refractivity contribution in [2.45, 2.75) is 50.6 Å². The van der Waals surface area contributed by atoms with Crippen LogP contribution in [0.1, 0.15) is 49.3 Å². The van der Waals surface area contributed by atoms with E-state index in [2.05, 4.69) is 87.0 Å². The summed E-state index contributed by atoms with van der Waals surface area (Å²) in [5.41, 5.74) is 6.99. The van der Waals surface area contributed by atoms with Crippen LogP contribution in [0, 0.1) is 0 Å². The molecular weight excluding hydrogens is 446 g/mol. The van der Waals surface area contributed by atoms with Crippen molar-refractivity contribution in [3.05, 3.63) is 89.9 Å². The molecule has 7 rings (SSSR count). The molecule has 0 amide bonds. The maximum Gasteiger partial charge on any atom is 0.137 e. The van der Waals surface area contributed by atoms with Crippen molar-refractivity contribution >= 4 is 11.0 Å². The van der Waals surface area contributed by atoms with Gasteiger partial charge in [0.1, 0.15) is 11.5 Å². The molecule has 1 fully saturated rings. The van der Waals surface area contributed by atoms with Crippen molar-refractivity contribution in [2.24, 2.45) is 0 Å². The number of pyridine rings is 1. The van der Waals surface area contributed by atoms with Gasteiger partial charge in [0.25, 0.3) is 0 Å². The van der Waals surface area contributed by atoms with E-state index in [1.165, 1.54) is 23.2 Å². The van der Waals surface area contributed by atoms with Crippen molar-refractivity contribution in [3.8, 4) is 11.3 Å². The third kappa shape index (κ3) is 3.33. The van der Waals surface area contributed by atoms with Crippen molar-refractivity contribution < 1.29 is 0 Å². The van der Waals surface area contributed by atoms with Crippen LogP contribution >= 0.6 is 0 Å². The second-order valence-corrected chi connectivity index (χ2v) is 11.0. The monoisotopic (exact) mass is 477 g/mol. The summed E-state index contributed by atoms with van der Waals surface area (Å²) in [5.74, 6) is 1.04. The number of benzene rings is 1. The Morgan fingerprint density at radius 3 is 2.72 bits per heavy atom. The van der Waals surface area contributed by atoms with E-state index in [-0.39, 0.29) is 10.8 Å². The number of hydrogen-bond acceptors (Lipinski definition) is 4. The summed E-state index contributed by atoms with van der Waals surface area (Å²) >= 11 is 0. The van der Waals surface area contributed by atoms with Crippen LogP contribution in [0.3, 0.4) is 0 Å². The van der Waals surface area contributed by atoms with Gasteiger partial charge < -0.3 is 9.97 Å². The summed E-state index contributed by atoms with van der Waals surface area (Å²) in [7, 11) is 0. The highest BCUT2D eigenvalue weighted by Gasteiger charge is 2.45. The van der Waals surface area contributed by atoms with Gasteiger partial charge in [-0.3, -0.25) is 9.58 Å². The van der Waals surface area contributed by atoms with Gasteiger partial charge in [-0.2, -0.15) is 5.10 Å². The standard InChI is InChI=1S/C29H31N7/c1-28(2,21-6-4-3-5-7-21)23-17-33-27-22(23)14-20(16-32-27)24-15-25-29(9-13-36(25)34-24)8-12-35(19-29)18-26-30-10-11-31-26/h3-7,10-11,14-17H,8-9,12-13,18-19H2,1-2H3,(H,30,31)(H,32,33). The molecule has 0 aliphatic carbocycles. The van der Waals surface area contributed by atoms with Gasteiger partial charge in [0.05, 0.1) is 12.2 Å². The maximum absolute atomic E-state index is 5.05. The van der Waals surface area contributed by atoms with Crippen LogP contribution in [-0.2, 0) is 23.9 Å². The molecule has 0 bridgehead atoms. The number of hydrogen-bond donors (Lipinski definition) is 2. The molecule has 1 saturated heterocycles. The highest BCUT2D eigenvalue weighted by Crippen LogP contribution is 2.44. The Kier molecular flexibility index (Phi) is 4.73. The zero-order valence-corrected chi connectivity index (χ0v) is 20.8. The first-order chi connectivity index (χ1) is 17.5. The minimum atomic E-state index is -0.138. The van der Waals surface area contributed by atoms with Crippen LogP contribution in [0.25, 0.3) is 22.3 Å². The molecular formula is C29H31N7. The Balaban J connectivity index is 1.21. The van der Waals surface area contributed by atoms with Gasteiger partial charge in [-0.1, -0.05) is 44.2 Å². The van der Waals surface area contributed by atoms with Gasteiger partial charge in [0.15, 0.2) is 0 Å². The molecule has 1 atom stereocenters. The number of rotatable bonds is 5. The Labute approximate surface area is 210 Å². The molecule has 1 spiro atoms. The topological polar surface area (TPSA) is 78.4 Å². The van der Waals surface area contributed by atoms with Crippen LogP contribution in [0.5, 0.6) is 0 Å². The number of H-pyrrole nitrogens is 2. The second-order valence-electron chi connectivity index (χ2n) is 11.0. The Bertz CT molecular complexity index is 1530. The molecule has 2 aliphatic rings. The molecule has 0 radical (unpaired) electrons. The SMILES string of the molecule is CC(C)(c1ccccc1)c1c[nH]c2ncc(-c3cc4n(n3)CCC43CCN(Cc4ncc[nH]4)C3)cc12. The van der Waals surface area contributed by atoms with Crippen molar-refractivity contribution in [2.75, 3.05) is 13.1 Å². The first kappa shape index (κ1) is 21.6. The molecule has 5 aromatic rings. The Morgan fingerprint density at radius 1 is 1.03 bits per heavy atom. The van der Waals surface area contributed by atoms with Gasteiger partial charge >= 0.3 is 0 Å². The first-order valence-corrected chi connectivity index (χ1v) is 12.8. The Morgan fingerprint density at radius 2 is 1.89 bits per heavy atom. The van der Waals surface area contributed by atoms with Gasteiger partial charge in [0.2, 0.25) is 0 Å². The predicted octanol–water partition coefficient (Wildman–Crippen LogP) is 5.02. The molecule has 7 nitrogen and oxygen atoms in total. The highest BCUT2D eigenvalue weighted by atomic mass is 15.3. The second kappa shape index (κ2) is 7.90. The number of imidazole rings is 1. The summed E-state index contributed by atoms with van der Waals surface area (Å²) in [5, 5.41) is 6.21. The first-order valence-electron chi connectivity index (χ1n) is 12.8. The van der Waals surface area contributed by atoms with Crippen LogP contribution in [0.15, 0.2) is 67.3 Å². The van der Waals surface area contributed by atoms with E-state index in [9.17, 15) is 0 Å². The van der Waals surface area contributed by atoms with Gasteiger partial charge in [-0.05, 0) is 42.6 Å².